The Morgan fingerprint density at radius 3 is 2.47 bits per heavy atom. The topological polar surface area (TPSA) is 70.8 Å². The molecule has 2 atom stereocenters. The van der Waals surface area contributed by atoms with E-state index in [1.54, 1.807) is 5.06 Å². The van der Waals surface area contributed by atoms with Crippen molar-refractivity contribution in [3.05, 3.63) is 0 Å². The van der Waals surface area contributed by atoms with E-state index in [1.807, 2.05) is 6.92 Å². The van der Waals surface area contributed by atoms with Crippen molar-refractivity contribution in [2.45, 2.75) is 52.5 Å². The second-order valence-corrected chi connectivity index (χ2v) is 4.32. The number of hydrogen-bond acceptors (Lipinski definition) is 6. The Balaban J connectivity index is 0.000000459. The summed E-state index contributed by atoms with van der Waals surface area (Å²) in [4.78, 5) is 16.4. The second kappa shape index (κ2) is 12.3. The van der Waals surface area contributed by atoms with Crippen LogP contribution in [-0.4, -0.2) is 48.6 Å². The number of hydrogen-bond donors (Lipinski definition) is 2. The zero-order valence-electron chi connectivity index (χ0n) is 12.4. The first-order valence-corrected chi connectivity index (χ1v) is 7.14. The van der Waals surface area contributed by atoms with Gasteiger partial charge in [-0.2, -0.15) is 5.06 Å². The van der Waals surface area contributed by atoms with Gasteiger partial charge in [-0.25, -0.2) is 5.48 Å². The standard InChI is InChI=1S/C9H17NO3.C4H11NO/c1-3-5-6-13-10-7-8(10)9(11)12-4-2;1-2-3-4-5-6/h8H,3-7H2,1-2H3;5-6H,2-4H2,1H3. The van der Waals surface area contributed by atoms with Gasteiger partial charge in [0.2, 0.25) is 0 Å². The Morgan fingerprint density at radius 1 is 1.32 bits per heavy atom. The Labute approximate surface area is 116 Å². The summed E-state index contributed by atoms with van der Waals surface area (Å²) in [5, 5.41) is 9.62. The van der Waals surface area contributed by atoms with Crippen LogP contribution in [0.25, 0.3) is 0 Å². The summed E-state index contributed by atoms with van der Waals surface area (Å²) in [5.74, 6) is -0.168. The van der Waals surface area contributed by atoms with Crippen molar-refractivity contribution in [1.82, 2.24) is 10.5 Å². The molecule has 0 aliphatic carbocycles. The SMILES string of the molecule is CCCCNO.CCCCON1CC1C(=O)OCC. The van der Waals surface area contributed by atoms with E-state index in [0.29, 0.717) is 19.8 Å². The Hall–Kier alpha value is -0.690. The molecule has 6 nitrogen and oxygen atoms in total. The molecule has 6 heteroatoms. The molecule has 0 amide bonds. The molecule has 1 fully saturated rings. The van der Waals surface area contributed by atoms with Gasteiger partial charge in [0.15, 0.2) is 0 Å². The number of hydroxylamine groups is 3. The van der Waals surface area contributed by atoms with Crippen molar-refractivity contribution in [2.75, 3.05) is 26.3 Å². The molecule has 0 aromatic rings. The maximum Gasteiger partial charge on any atom is 0.327 e. The summed E-state index contributed by atoms with van der Waals surface area (Å²) < 4.78 is 4.84. The average Bonchev–Trinajstić information content (AvgIpc) is 3.17. The largest absolute Gasteiger partial charge is 0.465 e. The lowest BCUT2D eigenvalue weighted by Crippen LogP contribution is -2.16. The van der Waals surface area contributed by atoms with E-state index in [-0.39, 0.29) is 12.0 Å². The molecule has 0 spiro atoms. The molecule has 0 bridgehead atoms. The molecule has 1 aliphatic rings. The van der Waals surface area contributed by atoms with E-state index >= 15 is 0 Å². The number of nitrogens with one attached hydrogen (secondary N) is 1. The third-order valence-electron chi connectivity index (χ3n) is 2.52. The fourth-order valence-electron chi connectivity index (χ4n) is 1.28. The molecule has 1 rings (SSSR count). The maximum absolute atomic E-state index is 11.1. The van der Waals surface area contributed by atoms with Crippen LogP contribution in [0, 0.1) is 0 Å². The fourth-order valence-corrected chi connectivity index (χ4v) is 1.28. The summed E-state index contributed by atoms with van der Waals surface area (Å²) in [5.41, 5.74) is 2.07. The number of rotatable bonds is 9. The smallest absolute Gasteiger partial charge is 0.327 e. The molecule has 0 aromatic heterocycles. The molecule has 2 unspecified atom stereocenters. The van der Waals surface area contributed by atoms with Gasteiger partial charge in [0, 0.05) is 6.54 Å². The number of ether oxygens (including phenoxy) is 1. The highest BCUT2D eigenvalue weighted by Gasteiger charge is 2.43. The van der Waals surface area contributed by atoms with Crippen LogP contribution in [0.15, 0.2) is 0 Å². The summed E-state index contributed by atoms with van der Waals surface area (Å²) >= 11 is 0. The van der Waals surface area contributed by atoms with E-state index in [1.165, 1.54) is 0 Å². The minimum Gasteiger partial charge on any atom is -0.465 e. The van der Waals surface area contributed by atoms with Crippen molar-refractivity contribution in [3.8, 4) is 0 Å². The fraction of sp³-hybridized carbons (Fsp3) is 0.923. The lowest BCUT2D eigenvalue weighted by molar-refractivity contribution is -0.150. The number of carbonyl (C=O) groups is 1. The third kappa shape index (κ3) is 9.84. The number of carbonyl (C=O) groups excluding carboxylic acids is 1. The molecule has 0 saturated carbocycles. The van der Waals surface area contributed by atoms with E-state index < -0.39 is 0 Å². The molecule has 0 radical (unpaired) electrons. The molecule has 2 N–H and O–H groups in total. The molecule has 1 heterocycles. The van der Waals surface area contributed by atoms with Gasteiger partial charge in [0.1, 0.15) is 6.04 Å². The van der Waals surface area contributed by atoms with Crippen LogP contribution in [0.1, 0.15) is 46.5 Å². The van der Waals surface area contributed by atoms with E-state index in [4.69, 9.17) is 14.8 Å². The Morgan fingerprint density at radius 2 is 2.00 bits per heavy atom. The van der Waals surface area contributed by atoms with Crippen LogP contribution in [0.5, 0.6) is 0 Å². The van der Waals surface area contributed by atoms with Gasteiger partial charge < -0.3 is 9.94 Å². The van der Waals surface area contributed by atoms with Crippen LogP contribution in [-0.2, 0) is 14.4 Å². The van der Waals surface area contributed by atoms with Gasteiger partial charge in [-0.05, 0) is 19.8 Å². The minimum absolute atomic E-state index is 0.142. The van der Waals surface area contributed by atoms with Gasteiger partial charge in [-0.3, -0.25) is 9.63 Å². The first-order chi connectivity index (χ1) is 9.21. The number of unbranched alkanes of at least 4 members (excludes halogenated alkanes) is 2. The first-order valence-electron chi connectivity index (χ1n) is 7.14. The maximum atomic E-state index is 11.1. The van der Waals surface area contributed by atoms with E-state index in [2.05, 4.69) is 19.3 Å². The minimum atomic E-state index is -0.168. The molecule has 0 aromatic carbocycles. The van der Waals surface area contributed by atoms with Crippen LogP contribution in [0.2, 0.25) is 0 Å². The first kappa shape index (κ1) is 18.3. The van der Waals surface area contributed by atoms with Crippen molar-refractivity contribution in [1.29, 1.82) is 0 Å². The van der Waals surface area contributed by atoms with Gasteiger partial charge in [0.05, 0.1) is 19.8 Å². The molecular formula is C13H28N2O4. The van der Waals surface area contributed by atoms with Crippen LogP contribution in [0.3, 0.4) is 0 Å². The molecule has 1 saturated heterocycles. The van der Waals surface area contributed by atoms with Gasteiger partial charge >= 0.3 is 5.97 Å². The van der Waals surface area contributed by atoms with E-state index in [9.17, 15) is 4.79 Å². The van der Waals surface area contributed by atoms with E-state index in [0.717, 1.165) is 32.2 Å². The second-order valence-electron chi connectivity index (χ2n) is 4.32. The van der Waals surface area contributed by atoms with Gasteiger partial charge in [0.25, 0.3) is 0 Å². The zero-order chi connectivity index (χ0) is 14.5. The quantitative estimate of drug-likeness (QED) is 0.289. The Kier molecular flexibility index (Phi) is 11.9. The average molecular weight is 276 g/mol. The molecule has 114 valence electrons. The predicted molar refractivity (Wildman–Crippen MR) is 72.7 cm³/mol. The zero-order valence-corrected chi connectivity index (χ0v) is 12.4. The van der Waals surface area contributed by atoms with Crippen LogP contribution >= 0.6 is 0 Å². The summed E-state index contributed by atoms with van der Waals surface area (Å²) in [6, 6.07) is -0.142. The lowest BCUT2D eigenvalue weighted by atomic mass is 10.3. The van der Waals surface area contributed by atoms with Crippen molar-refractivity contribution in [2.24, 2.45) is 0 Å². The molecule has 19 heavy (non-hydrogen) atoms. The molecular weight excluding hydrogens is 248 g/mol. The monoisotopic (exact) mass is 276 g/mol. The number of nitrogens with zero attached hydrogens (tertiary/aromatic N) is 1. The summed E-state index contributed by atoms with van der Waals surface area (Å²) in [6.45, 7) is 8.54. The number of esters is 1. The molecule has 1 aliphatic heterocycles. The summed E-state index contributed by atoms with van der Waals surface area (Å²) in [7, 11) is 0. The van der Waals surface area contributed by atoms with Gasteiger partial charge in [-0.15, -0.1) is 0 Å². The predicted octanol–water partition coefficient (Wildman–Crippen LogP) is 1.73. The highest BCUT2D eigenvalue weighted by Crippen LogP contribution is 2.19. The lowest BCUT2D eigenvalue weighted by Gasteiger charge is -2.03. The van der Waals surface area contributed by atoms with Crippen LogP contribution < -0.4 is 5.48 Å². The van der Waals surface area contributed by atoms with Crippen molar-refractivity contribution in [3.63, 3.8) is 0 Å². The van der Waals surface area contributed by atoms with Crippen molar-refractivity contribution >= 4 is 5.97 Å². The van der Waals surface area contributed by atoms with Crippen molar-refractivity contribution < 1.29 is 19.6 Å². The van der Waals surface area contributed by atoms with Crippen LogP contribution in [0.4, 0.5) is 0 Å². The highest BCUT2D eigenvalue weighted by molar-refractivity contribution is 5.78. The third-order valence-corrected chi connectivity index (χ3v) is 2.52. The van der Waals surface area contributed by atoms with Gasteiger partial charge in [-0.1, -0.05) is 26.7 Å². The Bertz CT molecular complexity index is 223. The summed E-state index contributed by atoms with van der Waals surface area (Å²) in [6.07, 6.45) is 4.33. The normalized spacial score (nSPS) is 20.4. The highest BCUT2D eigenvalue weighted by atomic mass is 16.7.